The fourth-order valence-corrected chi connectivity index (χ4v) is 1.10. The number of rotatable bonds is 4. The molecule has 0 heterocycles. The standard InChI is InChI=1S/C12H14O/c1-11(13)7-5-6-10-12-8-3-2-4-9-12/h2-5,7-9H,6,10H2,1H3/b7-5-/i7D. The highest BCUT2D eigenvalue weighted by Crippen LogP contribution is 2.02. The molecule has 0 unspecified atom stereocenters. The van der Waals surface area contributed by atoms with E-state index >= 15 is 0 Å². The van der Waals surface area contributed by atoms with Gasteiger partial charge in [0.25, 0.3) is 0 Å². The smallest absolute Gasteiger partial charge is 0.152 e. The van der Waals surface area contributed by atoms with Crippen molar-refractivity contribution in [1.29, 1.82) is 0 Å². The second-order valence-corrected chi connectivity index (χ2v) is 2.93. The van der Waals surface area contributed by atoms with Crippen LogP contribution in [-0.4, -0.2) is 5.78 Å². The first-order valence-corrected chi connectivity index (χ1v) is 4.42. The molecule has 68 valence electrons. The summed E-state index contributed by atoms with van der Waals surface area (Å²) in [5.74, 6) is -0.168. The number of carbonyl (C=O) groups is 1. The van der Waals surface area contributed by atoms with E-state index in [1.165, 1.54) is 12.5 Å². The zero-order chi connectivity index (χ0) is 10.4. The van der Waals surface area contributed by atoms with Crippen LogP contribution in [0.1, 0.15) is 20.3 Å². The van der Waals surface area contributed by atoms with Gasteiger partial charge in [0.2, 0.25) is 0 Å². The van der Waals surface area contributed by atoms with Gasteiger partial charge in [-0.1, -0.05) is 36.4 Å². The third-order valence-electron chi connectivity index (χ3n) is 1.73. The Labute approximate surface area is 80.5 Å². The van der Waals surface area contributed by atoms with E-state index in [2.05, 4.69) is 0 Å². The summed E-state index contributed by atoms with van der Waals surface area (Å²) < 4.78 is 7.30. The first-order chi connectivity index (χ1) is 6.70. The highest BCUT2D eigenvalue weighted by atomic mass is 16.1. The van der Waals surface area contributed by atoms with Crippen LogP contribution in [0.3, 0.4) is 0 Å². The van der Waals surface area contributed by atoms with Crippen LogP contribution >= 0.6 is 0 Å². The van der Waals surface area contributed by atoms with Crippen molar-refractivity contribution in [2.45, 2.75) is 19.8 Å². The number of allylic oxidation sites excluding steroid dienone is 2. The van der Waals surface area contributed by atoms with Crippen molar-refractivity contribution in [3.8, 4) is 0 Å². The van der Waals surface area contributed by atoms with Crippen molar-refractivity contribution in [2.75, 3.05) is 0 Å². The fraction of sp³-hybridized carbons (Fsp3) is 0.250. The third kappa shape index (κ3) is 4.26. The van der Waals surface area contributed by atoms with Crippen LogP contribution in [0.2, 0.25) is 0 Å². The summed E-state index contributed by atoms with van der Waals surface area (Å²) in [5, 5.41) is 0. The number of benzene rings is 1. The fourth-order valence-electron chi connectivity index (χ4n) is 1.10. The van der Waals surface area contributed by atoms with E-state index in [1.807, 2.05) is 30.3 Å². The normalized spacial score (nSPS) is 12.4. The lowest BCUT2D eigenvalue weighted by Gasteiger charge is -1.95. The summed E-state index contributed by atoms with van der Waals surface area (Å²) >= 11 is 0. The van der Waals surface area contributed by atoms with Gasteiger partial charge in [-0.25, -0.2) is 0 Å². The molecule has 0 spiro atoms. The van der Waals surface area contributed by atoms with E-state index in [1.54, 1.807) is 6.08 Å². The molecule has 1 heteroatoms. The van der Waals surface area contributed by atoms with E-state index in [0.29, 0.717) is 0 Å². The molecule has 13 heavy (non-hydrogen) atoms. The van der Waals surface area contributed by atoms with Crippen molar-refractivity contribution in [1.82, 2.24) is 0 Å². The number of aryl methyl sites for hydroxylation is 1. The summed E-state index contributed by atoms with van der Waals surface area (Å²) in [6.45, 7) is 1.42. The van der Waals surface area contributed by atoms with E-state index in [4.69, 9.17) is 1.37 Å². The molecule has 1 aromatic rings. The predicted molar refractivity (Wildman–Crippen MR) is 54.6 cm³/mol. The van der Waals surface area contributed by atoms with Crippen LogP contribution in [0.15, 0.2) is 42.5 Å². The first-order valence-electron chi connectivity index (χ1n) is 4.92. The van der Waals surface area contributed by atoms with E-state index in [9.17, 15) is 4.79 Å². The summed E-state index contributed by atoms with van der Waals surface area (Å²) in [6.07, 6.45) is 3.31. The molecule has 1 aromatic carbocycles. The number of ketones is 1. The summed E-state index contributed by atoms with van der Waals surface area (Å²) in [5.41, 5.74) is 1.24. The predicted octanol–water partition coefficient (Wildman–Crippen LogP) is 2.76. The molecule has 0 atom stereocenters. The largest absolute Gasteiger partial charge is 0.295 e. The number of hydrogen-bond acceptors (Lipinski definition) is 1. The minimum atomic E-state index is -0.168. The first kappa shape index (κ1) is 8.24. The molecule has 1 rings (SSSR count). The topological polar surface area (TPSA) is 17.1 Å². The highest BCUT2D eigenvalue weighted by molar-refractivity contribution is 5.87. The summed E-state index contributed by atoms with van der Waals surface area (Å²) in [7, 11) is 0. The van der Waals surface area contributed by atoms with Crippen LogP contribution < -0.4 is 0 Å². The lowest BCUT2D eigenvalue weighted by molar-refractivity contribution is -0.112. The zero-order valence-corrected chi connectivity index (χ0v) is 7.79. The van der Waals surface area contributed by atoms with Gasteiger partial charge in [0.15, 0.2) is 5.78 Å². The van der Waals surface area contributed by atoms with Gasteiger partial charge in [-0.2, -0.15) is 0 Å². The minimum Gasteiger partial charge on any atom is -0.295 e. The molecule has 0 N–H and O–H groups in total. The third-order valence-corrected chi connectivity index (χ3v) is 1.73. The van der Waals surface area contributed by atoms with Crippen LogP contribution in [0, 0.1) is 0 Å². The maximum Gasteiger partial charge on any atom is 0.152 e. The molecule has 0 aliphatic heterocycles. The molecule has 0 bridgehead atoms. The average Bonchev–Trinajstić information content (AvgIpc) is 2.19. The quantitative estimate of drug-likeness (QED) is 0.643. The monoisotopic (exact) mass is 175 g/mol. The molecule has 0 aliphatic carbocycles. The molecule has 0 amide bonds. The molecule has 0 saturated carbocycles. The van der Waals surface area contributed by atoms with Crippen molar-refractivity contribution in [3.05, 3.63) is 48.0 Å². The minimum absolute atomic E-state index is 0.112. The Morgan fingerprint density at radius 1 is 1.46 bits per heavy atom. The van der Waals surface area contributed by atoms with Crippen molar-refractivity contribution < 1.29 is 6.17 Å². The van der Waals surface area contributed by atoms with Gasteiger partial charge in [0.05, 0.1) is 1.37 Å². The van der Waals surface area contributed by atoms with Crippen molar-refractivity contribution in [2.24, 2.45) is 0 Å². The van der Waals surface area contributed by atoms with Crippen LogP contribution in [0.5, 0.6) is 0 Å². The molecule has 0 saturated heterocycles. The molecular weight excluding hydrogens is 160 g/mol. The summed E-state index contributed by atoms with van der Waals surface area (Å²) in [4.78, 5) is 10.7. The Morgan fingerprint density at radius 2 is 2.15 bits per heavy atom. The second-order valence-electron chi connectivity index (χ2n) is 2.93. The lowest BCUT2D eigenvalue weighted by atomic mass is 10.1. The molecule has 0 aromatic heterocycles. The molecule has 0 aliphatic rings. The maximum absolute atomic E-state index is 10.7. The molecule has 0 radical (unpaired) electrons. The van der Waals surface area contributed by atoms with Gasteiger partial charge in [-0.3, -0.25) is 4.79 Å². The van der Waals surface area contributed by atoms with Crippen molar-refractivity contribution >= 4 is 5.78 Å². The van der Waals surface area contributed by atoms with Gasteiger partial charge < -0.3 is 0 Å². The Hall–Kier alpha value is -1.37. The van der Waals surface area contributed by atoms with Crippen molar-refractivity contribution in [3.63, 3.8) is 0 Å². The van der Waals surface area contributed by atoms with E-state index in [0.717, 1.165) is 12.8 Å². The van der Waals surface area contributed by atoms with Gasteiger partial charge in [0, 0.05) is 0 Å². The van der Waals surface area contributed by atoms with Gasteiger partial charge >= 0.3 is 0 Å². The Morgan fingerprint density at radius 3 is 2.77 bits per heavy atom. The van der Waals surface area contributed by atoms with Gasteiger partial charge in [-0.15, -0.1) is 0 Å². The second kappa shape index (κ2) is 5.31. The van der Waals surface area contributed by atoms with E-state index in [-0.39, 0.29) is 11.8 Å². The maximum atomic E-state index is 10.7. The number of carbonyl (C=O) groups excluding carboxylic acids is 1. The molecule has 0 fully saturated rings. The Bertz CT molecular complexity index is 327. The van der Waals surface area contributed by atoms with Crippen LogP contribution in [0.25, 0.3) is 0 Å². The van der Waals surface area contributed by atoms with Gasteiger partial charge in [0.1, 0.15) is 0 Å². The van der Waals surface area contributed by atoms with Gasteiger partial charge in [-0.05, 0) is 31.4 Å². The average molecular weight is 175 g/mol. The van der Waals surface area contributed by atoms with E-state index < -0.39 is 0 Å². The lowest BCUT2D eigenvalue weighted by Crippen LogP contribution is -1.83. The SMILES string of the molecule is [2H]/C(=C/CCc1ccccc1)C(C)=O. The summed E-state index contributed by atoms with van der Waals surface area (Å²) in [6, 6.07) is 10.2. The number of hydrogen-bond donors (Lipinski definition) is 0. The van der Waals surface area contributed by atoms with Crippen LogP contribution in [-0.2, 0) is 11.2 Å². The Kier molecular flexibility index (Phi) is 3.36. The Balaban J connectivity index is 2.43. The molecule has 1 nitrogen and oxygen atoms in total. The van der Waals surface area contributed by atoms with Crippen LogP contribution in [0.4, 0.5) is 0 Å². The molecular formula is C12H14O. The highest BCUT2D eigenvalue weighted by Gasteiger charge is 1.88. The zero-order valence-electron chi connectivity index (χ0n) is 8.79.